The lowest BCUT2D eigenvalue weighted by Crippen LogP contribution is -2.10. The van der Waals surface area contributed by atoms with E-state index < -0.39 is 0 Å². The molecule has 0 saturated heterocycles. The van der Waals surface area contributed by atoms with E-state index in [0.29, 0.717) is 13.2 Å². The van der Waals surface area contributed by atoms with Gasteiger partial charge in [-0.1, -0.05) is 19.1 Å². The molecule has 0 fully saturated rings. The van der Waals surface area contributed by atoms with Crippen molar-refractivity contribution in [1.82, 2.24) is 9.55 Å². The Balaban J connectivity index is 1.81. The molecule has 2 N–H and O–H groups in total. The Kier molecular flexibility index (Phi) is 5.62. The molecule has 1 aromatic heterocycles. The van der Waals surface area contributed by atoms with Crippen molar-refractivity contribution in [1.29, 1.82) is 0 Å². The Labute approximate surface area is 120 Å². The zero-order chi connectivity index (χ0) is 14.2. The molecule has 0 aliphatic carbocycles. The standard InChI is InChI=1S/C16H23N3O/c1-2-3-16-18-10-11-19(16)12-13-20-15-6-4-14(5-7-15)8-9-17/h4-7,10-11H,2-3,8-9,12-13,17H2,1H3. The van der Waals surface area contributed by atoms with Crippen LogP contribution in [0.5, 0.6) is 5.75 Å². The smallest absolute Gasteiger partial charge is 0.119 e. The maximum absolute atomic E-state index is 5.77. The Morgan fingerprint density at radius 2 is 2.00 bits per heavy atom. The zero-order valence-corrected chi connectivity index (χ0v) is 12.1. The second-order valence-electron chi connectivity index (χ2n) is 4.82. The van der Waals surface area contributed by atoms with Crippen LogP contribution in [0.4, 0.5) is 0 Å². The largest absolute Gasteiger partial charge is 0.492 e. The van der Waals surface area contributed by atoms with Gasteiger partial charge in [-0.15, -0.1) is 0 Å². The van der Waals surface area contributed by atoms with Crippen LogP contribution in [0.1, 0.15) is 24.7 Å². The maximum atomic E-state index is 5.77. The van der Waals surface area contributed by atoms with Gasteiger partial charge in [0.1, 0.15) is 18.2 Å². The minimum atomic E-state index is 0.656. The van der Waals surface area contributed by atoms with E-state index in [1.807, 2.05) is 24.5 Å². The molecular formula is C16H23N3O. The molecule has 0 amide bonds. The summed E-state index contributed by atoms with van der Waals surface area (Å²) < 4.78 is 7.92. The van der Waals surface area contributed by atoms with Gasteiger partial charge in [0.2, 0.25) is 0 Å². The molecular weight excluding hydrogens is 250 g/mol. The number of hydrogen-bond donors (Lipinski definition) is 1. The molecule has 0 saturated carbocycles. The van der Waals surface area contributed by atoms with Crippen LogP contribution in [0, 0.1) is 0 Å². The molecule has 0 unspecified atom stereocenters. The minimum Gasteiger partial charge on any atom is -0.492 e. The Morgan fingerprint density at radius 1 is 1.20 bits per heavy atom. The third-order valence-electron chi connectivity index (χ3n) is 3.23. The van der Waals surface area contributed by atoms with Crippen LogP contribution in [0.25, 0.3) is 0 Å². The SMILES string of the molecule is CCCc1nccn1CCOc1ccc(CCN)cc1. The molecule has 0 spiro atoms. The van der Waals surface area contributed by atoms with Crippen molar-refractivity contribution >= 4 is 0 Å². The molecule has 108 valence electrons. The fourth-order valence-corrected chi connectivity index (χ4v) is 2.18. The van der Waals surface area contributed by atoms with Gasteiger partial charge >= 0.3 is 0 Å². The summed E-state index contributed by atoms with van der Waals surface area (Å²) in [6.45, 7) is 4.34. The van der Waals surface area contributed by atoms with Crippen molar-refractivity contribution in [2.45, 2.75) is 32.7 Å². The summed E-state index contributed by atoms with van der Waals surface area (Å²) in [5.74, 6) is 2.04. The second-order valence-corrected chi connectivity index (χ2v) is 4.82. The van der Waals surface area contributed by atoms with Gasteiger partial charge in [-0.25, -0.2) is 4.98 Å². The van der Waals surface area contributed by atoms with Crippen LogP contribution in [0.3, 0.4) is 0 Å². The average Bonchev–Trinajstić information content (AvgIpc) is 2.89. The van der Waals surface area contributed by atoms with E-state index in [9.17, 15) is 0 Å². The van der Waals surface area contributed by atoms with Crippen molar-refractivity contribution in [2.75, 3.05) is 13.2 Å². The Hall–Kier alpha value is -1.81. The van der Waals surface area contributed by atoms with Crippen molar-refractivity contribution in [3.8, 4) is 5.75 Å². The summed E-state index contributed by atoms with van der Waals surface area (Å²) >= 11 is 0. The minimum absolute atomic E-state index is 0.656. The second kappa shape index (κ2) is 7.70. The molecule has 0 atom stereocenters. The number of aromatic nitrogens is 2. The third kappa shape index (κ3) is 4.10. The normalized spacial score (nSPS) is 10.7. The quantitative estimate of drug-likeness (QED) is 0.803. The first kappa shape index (κ1) is 14.6. The predicted octanol–water partition coefficient (Wildman–Crippen LogP) is 2.42. The number of nitrogens with zero attached hydrogens (tertiary/aromatic N) is 2. The molecule has 20 heavy (non-hydrogen) atoms. The number of benzene rings is 1. The number of ether oxygens (including phenoxy) is 1. The van der Waals surface area contributed by atoms with Gasteiger partial charge in [-0.3, -0.25) is 0 Å². The molecule has 0 bridgehead atoms. The number of hydrogen-bond acceptors (Lipinski definition) is 3. The zero-order valence-electron chi connectivity index (χ0n) is 12.1. The van der Waals surface area contributed by atoms with Crippen LogP contribution in [0.15, 0.2) is 36.7 Å². The molecule has 1 aromatic carbocycles. The summed E-state index contributed by atoms with van der Waals surface area (Å²) in [7, 11) is 0. The van der Waals surface area contributed by atoms with E-state index in [4.69, 9.17) is 10.5 Å². The van der Waals surface area contributed by atoms with Crippen molar-refractivity contribution < 1.29 is 4.74 Å². The lowest BCUT2D eigenvalue weighted by atomic mass is 10.1. The highest BCUT2D eigenvalue weighted by Gasteiger charge is 2.01. The number of rotatable bonds is 8. The highest BCUT2D eigenvalue weighted by Crippen LogP contribution is 2.12. The Morgan fingerprint density at radius 3 is 2.70 bits per heavy atom. The van der Waals surface area contributed by atoms with E-state index in [1.54, 1.807) is 0 Å². The first-order valence-electron chi connectivity index (χ1n) is 7.25. The van der Waals surface area contributed by atoms with Gasteiger partial charge < -0.3 is 15.0 Å². The molecule has 0 aliphatic rings. The molecule has 4 nitrogen and oxygen atoms in total. The average molecular weight is 273 g/mol. The fraction of sp³-hybridized carbons (Fsp3) is 0.438. The lowest BCUT2D eigenvalue weighted by molar-refractivity contribution is 0.296. The fourth-order valence-electron chi connectivity index (χ4n) is 2.18. The van der Waals surface area contributed by atoms with Crippen LogP contribution in [-0.2, 0) is 19.4 Å². The van der Waals surface area contributed by atoms with Gasteiger partial charge in [0.15, 0.2) is 0 Å². The van der Waals surface area contributed by atoms with Crippen molar-refractivity contribution in [3.63, 3.8) is 0 Å². The van der Waals surface area contributed by atoms with Gasteiger partial charge in [0.05, 0.1) is 6.54 Å². The Bertz CT molecular complexity index is 505. The molecule has 4 heteroatoms. The summed E-state index contributed by atoms with van der Waals surface area (Å²) in [5.41, 5.74) is 6.78. The number of nitrogens with two attached hydrogens (primary N) is 1. The van der Waals surface area contributed by atoms with Gasteiger partial charge in [0.25, 0.3) is 0 Å². The van der Waals surface area contributed by atoms with Crippen LogP contribution < -0.4 is 10.5 Å². The first-order valence-corrected chi connectivity index (χ1v) is 7.25. The van der Waals surface area contributed by atoms with Crippen molar-refractivity contribution in [3.05, 3.63) is 48.0 Å². The highest BCUT2D eigenvalue weighted by molar-refractivity contribution is 5.27. The van der Waals surface area contributed by atoms with Gasteiger partial charge in [-0.05, 0) is 37.1 Å². The van der Waals surface area contributed by atoms with Crippen LogP contribution in [-0.4, -0.2) is 22.7 Å². The third-order valence-corrected chi connectivity index (χ3v) is 3.23. The predicted molar refractivity (Wildman–Crippen MR) is 80.9 cm³/mol. The summed E-state index contributed by atoms with van der Waals surface area (Å²) in [6.07, 6.45) is 6.91. The van der Waals surface area contributed by atoms with Crippen molar-refractivity contribution in [2.24, 2.45) is 5.73 Å². The number of imidazole rings is 1. The number of aryl methyl sites for hydroxylation is 1. The topological polar surface area (TPSA) is 53.1 Å². The van der Waals surface area contributed by atoms with Crippen LogP contribution in [0.2, 0.25) is 0 Å². The highest BCUT2D eigenvalue weighted by atomic mass is 16.5. The molecule has 0 aliphatic heterocycles. The summed E-state index contributed by atoms with van der Waals surface area (Å²) in [6, 6.07) is 8.15. The summed E-state index contributed by atoms with van der Waals surface area (Å²) in [5, 5.41) is 0. The van der Waals surface area contributed by atoms with E-state index in [2.05, 4.69) is 28.6 Å². The summed E-state index contributed by atoms with van der Waals surface area (Å²) in [4.78, 5) is 4.36. The molecule has 2 rings (SSSR count). The lowest BCUT2D eigenvalue weighted by Gasteiger charge is -2.09. The molecule has 0 radical (unpaired) electrons. The van der Waals surface area contributed by atoms with Crippen LogP contribution >= 0.6 is 0 Å². The van der Waals surface area contributed by atoms with E-state index >= 15 is 0 Å². The van der Waals surface area contributed by atoms with Gasteiger partial charge in [0, 0.05) is 18.8 Å². The van der Waals surface area contributed by atoms with E-state index in [-0.39, 0.29) is 0 Å². The first-order chi connectivity index (χ1) is 9.83. The van der Waals surface area contributed by atoms with E-state index in [0.717, 1.165) is 37.4 Å². The monoisotopic (exact) mass is 273 g/mol. The molecule has 1 heterocycles. The van der Waals surface area contributed by atoms with E-state index in [1.165, 1.54) is 5.56 Å². The van der Waals surface area contributed by atoms with Gasteiger partial charge in [-0.2, -0.15) is 0 Å². The molecule has 2 aromatic rings. The maximum Gasteiger partial charge on any atom is 0.119 e.